The van der Waals surface area contributed by atoms with E-state index in [1.54, 1.807) is 5.57 Å². The standard InChI is InChI=1S/C27H40O2/c1-18(9-16-26(29)22-12-13-22)23-14-15-24-21(7-5-17-27(23,24)3)11-10-20-6-4-8-25(28)19(20)2/h9-11,16,18,22-26,28-29H,2,4-8,12-15,17H2,1,3H3/b16-9+,20-10-,21-11+/t18-,23?,24?,25?,26?,27?/m1/s1. The first kappa shape index (κ1) is 21.1. The Labute approximate surface area is 177 Å². The number of rotatable bonds is 5. The maximum Gasteiger partial charge on any atom is 0.0787 e. The summed E-state index contributed by atoms with van der Waals surface area (Å²) in [6.07, 6.45) is 20.3. The topological polar surface area (TPSA) is 40.5 Å². The molecule has 6 atom stereocenters. The van der Waals surface area contributed by atoms with E-state index in [2.05, 4.69) is 44.7 Å². The predicted octanol–water partition coefficient (Wildman–Crippen LogP) is 6.12. The average molecular weight is 397 g/mol. The van der Waals surface area contributed by atoms with Gasteiger partial charge in [0.05, 0.1) is 12.2 Å². The van der Waals surface area contributed by atoms with E-state index < -0.39 is 0 Å². The first-order valence-corrected chi connectivity index (χ1v) is 12.0. The van der Waals surface area contributed by atoms with Gasteiger partial charge in [-0.2, -0.15) is 0 Å². The molecule has 4 saturated carbocycles. The largest absolute Gasteiger partial charge is 0.389 e. The number of aliphatic hydroxyl groups excluding tert-OH is 2. The van der Waals surface area contributed by atoms with Crippen LogP contribution in [0.2, 0.25) is 0 Å². The summed E-state index contributed by atoms with van der Waals surface area (Å²) in [5, 5.41) is 20.3. The Bertz CT molecular complexity index is 710. The summed E-state index contributed by atoms with van der Waals surface area (Å²) in [4.78, 5) is 0. The highest BCUT2D eigenvalue weighted by Crippen LogP contribution is 2.59. The van der Waals surface area contributed by atoms with E-state index in [1.807, 2.05) is 0 Å². The molecule has 160 valence electrons. The molecule has 4 aliphatic carbocycles. The fourth-order valence-corrected chi connectivity index (χ4v) is 6.59. The van der Waals surface area contributed by atoms with Crippen LogP contribution < -0.4 is 0 Å². The highest BCUT2D eigenvalue weighted by molar-refractivity contribution is 5.37. The Kier molecular flexibility index (Phi) is 6.23. The van der Waals surface area contributed by atoms with Crippen LogP contribution >= 0.6 is 0 Å². The molecule has 0 heterocycles. The quantitative estimate of drug-likeness (QED) is 0.550. The Morgan fingerprint density at radius 3 is 2.59 bits per heavy atom. The zero-order chi connectivity index (χ0) is 20.6. The SMILES string of the molecule is C=C1/C(=C\C=C2/CCCC3(C)C2CCC3[C@H](C)/C=C/C(O)C2CC2)CCCC1O. The van der Waals surface area contributed by atoms with Gasteiger partial charge in [-0.25, -0.2) is 0 Å². The van der Waals surface area contributed by atoms with E-state index in [4.69, 9.17) is 0 Å². The smallest absolute Gasteiger partial charge is 0.0787 e. The second-order valence-electron chi connectivity index (χ2n) is 10.5. The van der Waals surface area contributed by atoms with Crippen molar-refractivity contribution in [3.05, 3.63) is 47.6 Å². The maximum atomic E-state index is 10.2. The lowest BCUT2D eigenvalue weighted by atomic mass is 9.61. The van der Waals surface area contributed by atoms with Gasteiger partial charge in [0, 0.05) is 0 Å². The molecule has 0 aromatic heterocycles. The van der Waals surface area contributed by atoms with Crippen molar-refractivity contribution in [2.75, 3.05) is 0 Å². The Morgan fingerprint density at radius 1 is 1.03 bits per heavy atom. The van der Waals surface area contributed by atoms with Crippen LogP contribution in [-0.4, -0.2) is 22.4 Å². The van der Waals surface area contributed by atoms with E-state index in [0.717, 1.165) is 24.8 Å². The van der Waals surface area contributed by atoms with Gasteiger partial charge in [0.15, 0.2) is 0 Å². The molecule has 0 aromatic carbocycles. The van der Waals surface area contributed by atoms with Crippen LogP contribution in [0, 0.1) is 29.1 Å². The normalized spacial score (nSPS) is 40.6. The van der Waals surface area contributed by atoms with Gasteiger partial charge in [-0.15, -0.1) is 0 Å². The van der Waals surface area contributed by atoms with Crippen LogP contribution in [-0.2, 0) is 0 Å². The summed E-state index contributed by atoms with van der Waals surface area (Å²) in [6, 6.07) is 0. The van der Waals surface area contributed by atoms with Crippen molar-refractivity contribution >= 4 is 0 Å². The summed E-state index contributed by atoms with van der Waals surface area (Å²) in [7, 11) is 0. The van der Waals surface area contributed by atoms with E-state index in [9.17, 15) is 10.2 Å². The van der Waals surface area contributed by atoms with Gasteiger partial charge in [-0.3, -0.25) is 0 Å². The fourth-order valence-electron chi connectivity index (χ4n) is 6.59. The third-order valence-corrected chi connectivity index (χ3v) is 8.63. The van der Waals surface area contributed by atoms with Crippen molar-refractivity contribution in [2.45, 2.75) is 90.3 Å². The van der Waals surface area contributed by atoms with Crippen LogP contribution in [0.4, 0.5) is 0 Å². The second-order valence-corrected chi connectivity index (χ2v) is 10.5. The average Bonchev–Trinajstić information content (AvgIpc) is 3.48. The zero-order valence-electron chi connectivity index (χ0n) is 18.4. The molecule has 2 nitrogen and oxygen atoms in total. The third-order valence-electron chi connectivity index (χ3n) is 8.63. The Balaban J connectivity index is 1.47. The van der Waals surface area contributed by atoms with Crippen LogP contribution in [0.5, 0.6) is 0 Å². The van der Waals surface area contributed by atoms with Gasteiger partial charge < -0.3 is 10.2 Å². The van der Waals surface area contributed by atoms with Gasteiger partial charge in [-0.1, -0.05) is 50.3 Å². The molecular weight excluding hydrogens is 356 g/mol. The monoisotopic (exact) mass is 396 g/mol. The molecule has 2 N–H and O–H groups in total. The van der Waals surface area contributed by atoms with Gasteiger partial charge in [0.25, 0.3) is 0 Å². The minimum Gasteiger partial charge on any atom is -0.389 e. The molecule has 0 amide bonds. The molecule has 4 fully saturated rings. The van der Waals surface area contributed by atoms with Crippen molar-refractivity contribution in [1.82, 2.24) is 0 Å². The molecule has 4 rings (SSSR count). The first-order valence-electron chi connectivity index (χ1n) is 12.0. The minimum atomic E-state index is -0.348. The van der Waals surface area contributed by atoms with Crippen molar-refractivity contribution in [2.24, 2.45) is 29.1 Å². The molecule has 0 aliphatic heterocycles. The molecule has 0 spiro atoms. The highest BCUT2D eigenvalue weighted by atomic mass is 16.3. The van der Waals surface area contributed by atoms with E-state index in [-0.39, 0.29) is 12.2 Å². The molecule has 0 radical (unpaired) electrons. The molecule has 0 saturated heterocycles. The minimum absolute atomic E-state index is 0.227. The van der Waals surface area contributed by atoms with E-state index >= 15 is 0 Å². The summed E-state index contributed by atoms with van der Waals surface area (Å²) in [5.74, 6) is 2.45. The Hall–Kier alpha value is -1.12. The lowest BCUT2D eigenvalue weighted by molar-refractivity contribution is 0.111. The second kappa shape index (κ2) is 8.55. The van der Waals surface area contributed by atoms with Crippen LogP contribution in [0.1, 0.15) is 78.1 Å². The molecule has 0 aromatic rings. The number of fused-ring (bicyclic) bond motifs is 1. The summed E-state index contributed by atoms with van der Waals surface area (Å²) in [6.45, 7) is 9.02. The van der Waals surface area contributed by atoms with Gasteiger partial charge in [0.1, 0.15) is 0 Å². The molecule has 5 unspecified atom stereocenters. The van der Waals surface area contributed by atoms with Gasteiger partial charge >= 0.3 is 0 Å². The summed E-state index contributed by atoms with van der Waals surface area (Å²) >= 11 is 0. The van der Waals surface area contributed by atoms with Crippen molar-refractivity contribution in [1.29, 1.82) is 0 Å². The first-order chi connectivity index (χ1) is 13.9. The lowest BCUT2D eigenvalue weighted by Gasteiger charge is -2.44. The third kappa shape index (κ3) is 4.35. The van der Waals surface area contributed by atoms with Crippen molar-refractivity contribution in [3.8, 4) is 0 Å². The highest BCUT2D eigenvalue weighted by Gasteiger charge is 2.50. The van der Waals surface area contributed by atoms with Crippen molar-refractivity contribution < 1.29 is 10.2 Å². The molecular formula is C27H40O2. The fraction of sp³-hybridized carbons (Fsp3) is 0.704. The zero-order valence-corrected chi connectivity index (χ0v) is 18.4. The molecule has 0 bridgehead atoms. The Morgan fingerprint density at radius 2 is 1.83 bits per heavy atom. The molecule has 29 heavy (non-hydrogen) atoms. The van der Waals surface area contributed by atoms with Crippen LogP contribution in [0.3, 0.4) is 0 Å². The lowest BCUT2D eigenvalue weighted by Crippen LogP contribution is -2.35. The van der Waals surface area contributed by atoms with Crippen LogP contribution in [0.15, 0.2) is 47.6 Å². The van der Waals surface area contributed by atoms with E-state index in [0.29, 0.717) is 29.1 Å². The van der Waals surface area contributed by atoms with Gasteiger partial charge in [0.2, 0.25) is 0 Å². The number of aliphatic hydroxyl groups is 2. The molecule has 4 aliphatic rings. The summed E-state index contributed by atoms with van der Waals surface area (Å²) < 4.78 is 0. The summed E-state index contributed by atoms with van der Waals surface area (Å²) in [5.41, 5.74) is 4.18. The number of hydrogen-bond donors (Lipinski definition) is 2. The number of allylic oxidation sites excluding steroid dienone is 4. The van der Waals surface area contributed by atoms with Crippen molar-refractivity contribution in [3.63, 3.8) is 0 Å². The maximum absolute atomic E-state index is 10.2. The predicted molar refractivity (Wildman–Crippen MR) is 120 cm³/mol. The van der Waals surface area contributed by atoms with Crippen LogP contribution in [0.25, 0.3) is 0 Å². The number of hydrogen-bond acceptors (Lipinski definition) is 2. The molecule has 2 heteroatoms. The van der Waals surface area contributed by atoms with Gasteiger partial charge in [-0.05, 0) is 104 Å². The van der Waals surface area contributed by atoms with E-state index in [1.165, 1.54) is 50.5 Å².